The molecule has 0 bridgehead atoms. The lowest BCUT2D eigenvalue weighted by Gasteiger charge is -2.18. The van der Waals surface area contributed by atoms with Crippen LogP contribution in [-0.4, -0.2) is 41.8 Å². The van der Waals surface area contributed by atoms with Gasteiger partial charge in [0.05, 0.1) is 16.8 Å². The highest BCUT2D eigenvalue weighted by Crippen LogP contribution is 2.25. The van der Waals surface area contributed by atoms with Gasteiger partial charge in [0.2, 0.25) is 0 Å². The minimum absolute atomic E-state index is 0.464. The van der Waals surface area contributed by atoms with Crippen LogP contribution in [0.1, 0.15) is 12.5 Å². The number of thiophene rings is 1. The summed E-state index contributed by atoms with van der Waals surface area (Å²) < 4.78 is 0. The molecule has 0 aliphatic carbocycles. The van der Waals surface area contributed by atoms with Crippen LogP contribution in [0.2, 0.25) is 0 Å². The van der Waals surface area contributed by atoms with E-state index in [4.69, 9.17) is 0 Å². The van der Waals surface area contributed by atoms with E-state index in [1.54, 1.807) is 11.3 Å². The molecular weight excluding hydrogens is 244 g/mol. The van der Waals surface area contributed by atoms with E-state index in [1.165, 1.54) is 10.4 Å². The van der Waals surface area contributed by atoms with Gasteiger partial charge >= 0.3 is 0 Å². The average Bonchev–Trinajstić information content (AvgIpc) is 2.96. The van der Waals surface area contributed by atoms with Gasteiger partial charge in [-0.05, 0) is 32.5 Å². The quantitative estimate of drug-likeness (QED) is 0.840. The van der Waals surface area contributed by atoms with Crippen LogP contribution in [0.3, 0.4) is 0 Å². The first kappa shape index (κ1) is 13.3. The SMILES string of the molecule is CC(CN(C)C)NCc1cn[nH]c1-c1cccs1. The van der Waals surface area contributed by atoms with E-state index in [9.17, 15) is 0 Å². The van der Waals surface area contributed by atoms with Gasteiger partial charge in [-0.15, -0.1) is 11.3 Å². The van der Waals surface area contributed by atoms with Crippen molar-refractivity contribution in [2.24, 2.45) is 0 Å². The number of nitrogens with one attached hydrogen (secondary N) is 2. The second-order valence-electron chi connectivity index (χ2n) is 4.79. The summed E-state index contributed by atoms with van der Waals surface area (Å²) >= 11 is 1.73. The molecule has 0 fully saturated rings. The van der Waals surface area contributed by atoms with Crippen LogP contribution >= 0.6 is 11.3 Å². The van der Waals surface area contributed by atoms with Crippen molar-refractivity contribution in [3.8, 4) is 10.6 Å². The van der Waals surface area contributed by atoms with E-state index in [1.807, 2.05) is 6.20 Å². The molecule has 0 aliphatic heterocycles. The second kappa shape index (κ2) is 6.13. The second-order valence-corrected chi connectivity index (χ2v) is 5.74. The Morgan fingerprint density at radius 3 is 3.00 bits per heavy atom. The van der Waals surface area contributed by atoms with E-state index in [0.717, 1.165) is 18.8 Å². The Morgan fingerprint density at radius 2 is 2.33 bits per heavy atom. The molecule has 0 spiro atoms. The van der Waals surface area contributed by atoms with Crippen LogP contribution in [0, 0.1) is 0 Å². The summed E-state index contributed by atoms with van der Waals surface area (Å²) in [5, 5.41) is 12.8. The zero-order chi connectivity index (χ0) is 13.0. The van der Waals surface area contributed by atoms with Crippen molar-refractivity contribution in [2.45, 2.75) is 19.5 Å². The van der Waals surface area contributed by atoms with Gasteiger partial charge in [0, 0.05) is 24.7 Å². The van der Waals surface area contributed by atoms with E-state index < -0.39 is 0 Å². The van der Waals surface area contributed by atoms with Crippen molar-refractivity contribution in [1.82, 2.24) is 20.4 Å². The van der Waals surface area contributed by atoms with E-state index >= 15 is 0 Å². The van der Waals surface area contributed by atoms with E-state index in [-0.39, 0.29) is 0 Å². The molecule has 0 aromatic carbocycles. The van der Waals surface area contributed by atoms with Crippen LogP contribution in [0.5, 0.6) is 0 Å². The van der Waals surface area contributed by atoms with Crippen LogP contribution in [0.25, 0.3) is 10.6 Å². The van der Waals surface area contributed by atoms with Gasteiger partial charge in [-0.1, -0.05) is 6.07 Å². The highest BCUT2D eigenvalue weighted by atomic mass is 32.1. The predicted octanol–water partition coefficient (Wildman–Crippen LogP) is 2.18. The van der Waals surface area contributed by atoms with Gasteiger partial charge in [0.1, 0.15) is 0 Å². The topological polar surface area (TPSA) is 44.0 Å². The van der Waals surface area contributed by atoms with E-state index in [2.05, 4.69) is 58.9 Å². The van der Waals surface area contributed by atoms with Gasteiger partial charge in [-0.2, -0.15) is 5.10 Å². The molecule has 0 saturated carbocycles. The lowest BCUT2D eigenvalue weighted by molar-refractivity contribution is 0.349. The van der Waals surface area contributed by atoms with Crippen LogP contribution in [0.4, 0.5) is 0 Å². The third-order valence-electron chi connectivity index (χ3n) is 2.77. The number of hydrogen-bond donors (Lipinski definition) is 2. The van der Waals surface area contributed by atoms with Gasteiger partial charge in [0.15, 0.2) is 0 Å². The molecule has 98 valence electrons. The van der Waals surface area contributed by atoms with Gasteiger partial charge in [-0.3, -0.25) is 5.10 Å². The Labute approximate surface area is 112 Å². The molecule has 2 N–H and O–H groups in total. The third-order valence-corrected chi connectivity index (χ3v) is 3.65. The summed E-state index contributed by atoms with van der Waals surface area (Å²) in [6.07, 6.45) is 1.91. The first-order valence-electron chi connectivity index (χ1n) is 6.11. The number of H-pyrrole nitrogens is 1. The Bertz CT molecular complexity index is 461. The van der Waals surface area contributed by atoms with Crippen molar-refractivity contribution in [2.75, 3.05) is 20.6 Å². The fraction of sp³-hybridized carbons (Fsp3) is 0.462. The molecule has 2 aromatic rings. The number of nitrogens with zero attached hydrogens (tertiary/aromatic N) is 2. The van der Waals surface area contributed by atoms with Crippen LogP contribution < -0.4 is 5.32 Å². The van der Waals surface area contributed by atoms with Crippen molar-refractivity contribution < 1.29 is 0 Å². The van der Waals surface area contributed by atoms with Gasteiger partial charge in [0.25, 0.3) is 0 Å². The Balaban J connectivity index is 1.96. The first-order chi connectivity index (χ1) is 8.66. The number of likely N-dealkylation sites (N-methyl/N-ethyl adjacent to an activating group) is 1. The molecule has 0 saturated heterocycles. The van der Waals surface area contributed by atoms with Crippen molar-refractivity contribution in [3.05, 3.63) is 29.3 Å². The highest BCUT2D eigenvalue weighted by molar-refractivity contribution is 7.13. The predicted molar refractivity (Wildman–Crippen MR) is 76.8 cm³/mol. The van der Waals surface area contributed by atoms with Gasteiger partial charge < -0.3 is 10.2 Å². The number of hydrogen-bond acceptors (Lipinski definition) is 4. The Morgan fingerprint density at radius 1 is 1.50 bits per heavy atom. The summed E-state index contributed by atoms with van der Waals surface area (Å²) in [7, 11) is 4.18. The largest absolute Gasteiger partial charge is 0.309 e. The minimum Gasteiger partial charge on any atom is -0.309 e. The summed E-state index contributed by atoms with van der Waals surface area (Å²) in [5.74, 6) is 0. The zero-order valence-corrected chi connectivity index (χ0v) is 11.9. The molecule has 2 aromatic heterocycles. The van der Waals surface area contributed by atoms with Crippen LogP contribution in [-0.2, 0) is 6.54 Å². The molecule has 18 heavy (non-hydrogen) atoms. The maximum Gasteiger partial charge on any atom is 0.0794 e. The molecule has 0 aliphatic rings. The zero-order valence-electron chi connectivity index (χ0n) is 11.1. The number of aromatic nitrogens is 2. The Kier molecular flexibility index (Phi) is 4.52. The molecule has 5 heteroatoms. The molecule has 0 radical (unpaired) electrons. The summed E-state index contributed by atoms with van der Waals surface area (Å²) in [4.78, 5) is 3.43. The average molecular weight is 264 g/mol. The molecule has 4 nitrogen and oxygen atoms in total. The normalized spacial score (nSPS) is 13.1. The number of rotatable bonds is 6. The first-order valence-corrected chi connectivity index (χ1v) is 6.99. The fourth-order valence-electron chi connectivity index (χ4n) is 1.98. The standard InChI is InChI=1S/C13H20N4S/c1-10(9-17(2)3)14-7-11-8-15-16-13(11)12-5-4-6-18-12/h4-6,8,10,14H,7,9H2,1-3H3,(H,15,16). The van der Waals surface area contributed by atoms with Crippen molar-refractivity contribution in [3.63, 3.8) is 0 Å². The Hall–Kier alpha value is -1.17. The lowest BCUT2D eigenvalue weighted by atomic mass is 10.2. The lowest BCUT2D eigenvalue weighted by Crippen LogP contribution is -2.35. The monoisotopic (exact) mass is 264 g/mol. The molecule has 2 heterocycles. The molecule has 0 amide bonds. The maximum atomic E-state index is 4.15. The van der Waals surface area contributed by atoms with E-state index in [0.29, 0.717) is 6.04 Å². The van der Waals surface area contributed by atoms with Crippen molar-refractivity contribution in [1.29, 1.82) is 0 Å². The molecule has 2 rings (SSSR count). The van der Waals surface area contributed by atoms with Crippen molar-refractivity contribution >= 4 is 11.3 Å². The molecule has 1 atom stereocenters. The minimum atomic E-state index is 0.464. The number of aromatic amines is 1. The summed E-state index contributed by atoms with van der Waals surface area (Å²) in [5.41, 5.74) is 2.36. The maximum absolute atomic E-state index is 4.15. The van der Waals surface area contributed by atoms with Gasteiger partial charge in [-0.25, -0.2) is 0 Å². The fourth-order valence-corrected chi connectivity index (χ4v) is 2.73. The highest BCUT2D eigenvalue weighted by Gasteiger charge is 2.10. The van der Waals surface area contributed by atoms with Crippen LogP contribution in [0.15, 0.2) is 23.7 Å². The summed E-state index contributed by atoms with van der Waals surface area (Å²) in [6, 6.07) is 4.64. The third kappa shape index (κ3) is 3.41. The smallest absolute Gasteiger partial charge is 0.0794 e. The molecule has 1 unspecified atom stereocenters. The summed E-state index contributed by atoms with van der Waals surface area (Å²) in [6.45, 7) is 4.08. The molecular formula is C13H20N4S.